The van der Waals surface area contributed by atoms with Crippen LogP contribution in [-0.4, -0.2) is 17.3 Å². The van der Waals surface area contributed by atoms with Crippen molar-refractivity contribution in [1.82, 2.24) is 0 Å². The summed E-state index contributed by atoms with van der Waals surface area (Å²) in [5.41, 5.74) is -0.0361. The second kappa shape index (κ2) is 4.06. The fourth-order valence-electron chi connectivity index (χ4n) is 3.58. The third-order valence-electron chi connectivity index (χ3n) is 4.89. The van der Waals surface area contributed by atoms with E-state index in [1.54, 1.807) is 6.92 Å². The Morgan fingerprint density at radius 2 is 2.05 bits per heavy atom. The first kappa shape index (κ1) is 12.7. The predicted octanol–water partition coefficient (Wildman–Crippen LogP) is 2.66. The van der Waals surface area contributed by atoms with Crippen molar-refractivity contribution in [2.45, 2.75) is 50.9 Å². The summed E-state index contributed by atoms with van der Waals surface area (Å²) in [4.78, 5) is 0. The van der Waals surface area contributed by atoms with Crippen LogP contribution in [0.4, 0.5) is 0 Å². The minimum atomic E-state index is -1.17. The molecule has 1 aromatic carbocycles. The SMILES string of the molecule is Cc1ccc(C(C)(O)C2(C#N)CC3CCC2O3)cc1. The lowest BCUT2D eigenvalue weighted by atomic mass is 9.62. The second-order valence-electron chi connectivity index (χ2n) is 6.05. The zero-order valence-electron chi connectivity index (χ0n) is 11.4. The van der Waals surface area contributed by atoms with Gasteiger partial charge in [-0.2, -0.15) is 5.26 Å². The standard InChI is InChI=1S/C16H19NO2/c1-11-3-5-12(6-4-11)15(2,18)16(10-17)9-13-7-8-14(16)19-13/h3-6,13-14,18H,7-9H2,1-2H3. The normalized spacial score (nSPS) is 35.9. The lowest BCUT2D eigenvalue weighted by molar-refractivity contribution is -0.0773. The van der Waals surface area contributed by atoms with Gasteiger partial charge in [-0.3, -0.25) is 0 Å². The van der Waals surface area contributed by atoms with Gasteiger partial charge in [0.25, 0.3) is 0 Å². The maximum atomic E-state index is 11.0. The molecule has 2 aliphatic heterocycles. The summed E-state index contributed by atoms with van der Waals surface area (Å²) in [7, 11) is 0. The summed E-state index contributed by atoms with van der Waals surface area (Å²) in [6.07, 6.45) is 2.52. The molecule has 4 unspecified atom stereocenters. The molecule has 0 amide bonds. The van der Waals surface area contributed by atoms with E-state index < -0.39 is 11.0 Å². The van der Waals surface area contributed by atoms with Gasteiger partial charge in [0.1, 0.15) is 11.0 Å². The molecule has 3 nitrogen and oxygen atoms in total. The van der Waals surface area contributed by atoms with Crippen LogP contribution in [0.25, 0.3) is 0 Å². The second-order valence-corrected chi connectivity index (χ2v) is 6.05. The third-order valence-corrected chi connectivity index (χ3v) is 4.89. The zero-order valence-corrected chi connectivity index (χ0v) is 11.4. The number of nitriles is 1. The summed E-state index contributed by atoms with van der Waals surface area (Å²) < 4.78 is 5.83. The molecule has 3 heteroatoms. The van der Waals surface area contributed by atoms with E-state index in [9.17, 15) is 10.4 Å². The van der Waals surface area contributed by atoms with Gasteiger partial charge in [-0.25, -0.2) is 0 Å². The number of benzene rings is 1. The van der Waals surface area contributed by atoms with Gasteiger partial charge in [0, 0.05) is 0 Å². The summed E-state index contributed by atoms with van der Waals surface area (Å²) >= 11 is 0. The first-order valence-electron chi connectivity index (χ1n) is 6.86. The Morgan fingerprint density at radius 3 is 2.53 bits per heavy atom. The lowest BCUT2D eigenvalue weighted by Crippen LogP contribution is -2.49. The maximum absolute atomic E-state index is 11.0. The Hall–Kier alpha value is -1.37. The van der Waals surface area contributed by atoms with Crippen LogP contribution < -0.4 is 0 Å². The van der Waals surface area contributed by atoms with E-state index in [1.165, 1.54) is 0 Å². The number of ether oxygens (including phenoxy) is 1. The number of aliphatic hydroxyl groups is 1. The molecule has 2 saturated heterocycles. The molecule has 0 spiro atoms. The number of aryl methyl sites for hydroxylation is 1. The van der Waals surface area contributed by atoms with E-state index >= 15 is 0 Å². The highest BCUT2D eigenvalue weighted by molar-refractivity contribution is 5.33. The molecule has 1 N–H and O–H groups in total. The number of hydrogen-bond donors (Lipinski definition) is 1. The quantitative estimate of drug-likeness (QED) is 0.886. The van der Waals surface area contributed by atoms with E-state index in [0.29, 0.717) is 6.42 Å². The van der Waals surface area contributed by atoms with Crippen molar-refractivity contribution in [2.75, 3.05) is 0 Å². The molecule has 3 rings (SSSR count). The average molecular weight is 257 g/mol. The molecule has 1 aromatic rings. The molecule has 2 fully saturated rings. The third kappa shape index (κ3) is 1.64. The van der Waals surface area contributed by atoms with Gasteiger partial charge in [0.05, 0.1) is 18.3 Å². The van der Waals surface area contributed by atoms with Crippen molar-refractivity contribution in [3.8, 4) is 6.07 Å². The maximum Gasteiger partial charge on any atom is 0.118 e. The van der Waals surface area contributed by atoms with E-state index in [4.69, 9.17) is 4.74 Å². The van der Waals surface area contributed by atoms with Crippen LogP contribution in [0.1, 0.15) is 37.3 Å². The smallest absolute Gasteiger partial charge is 0.118 e. The molecule has 0 aromatic heterocycles. The van der Waals surface area contributed by atoms with Gasteiger partial charge in [-0.1, -0.05) is 29.8 Å². The minimum Gasteiger partial charge on any atom is -0.384 e. The highest BCUT2D eigenvalue weighted by Gasteiger charge is 2.62. The molecule has 0 aliphatic carbocycles. The van der Waals surface area contributed by atoms with E-state index in [0.717, 1.165) is 24.0 Å². The molecule has 0 saturated carbocycles. The van der Waals surface area contributed by atoms with Gasteiger partial charge in [0.2, 0.25) is 0 Å². The van der Waals surface area contributed by atoms with Crippen molar-refractivity contribution < 1.29 is 9.84 Å². The molecule has 2 bridgehead atoms. The number of hydrogen-bond acceptors (Lipinski definition) is 3. The first-order chi connectivity index (χ1) is 8.99. The molecule has 2 aliphatic rings. The molecule has 0 radical (unpaired) electrons. The Morgan fingerprint density at radius 1 is 1.37 bits per heavy atom. The molecule has 2 heterocycles. The van der Waals surface area contributed by atoms with Crippen LogP contribution in [0, 0.1) is 23.7 Å². The monoisotopic (exact) mass is 257 g/mol. The summed E-state index contributed by atoms with van der Waals surface area (Å²) in [6.45, 7) is 3.77. The van der Waals surface area contributed by atoms with E-state index in [1.807, 2.05) is 31.2 Å². The van der Waals surface area contributed by atoms with Crippen molar-refractivity contribution in [1.29, 1.82) is 5.26 Å². The number of rotatable bonds is 2. The van der Waals surface area contributed by atoms with Crippen LogP contribution in [-0.2, 0) is 10.3 Å². The first-order valence-corrected chi connectivity index (χ1v) is 6.86. The van der Waals surface area contributed by atoms with Gasteiger partial charge < -0.3 is 9.84 Å². The topological polar surface area (TPSA) is 53.2 Å². The van der Waals surface area contributed by atoms with Gasteiger partial charge >= 0.3 is 0 Å². The van der Waals surface area contributed by atoms with Crippen molar-refractivity contribution >= 4 is 0 Å². The Bertz CT molecular complexity index is 529. The zero-order chi connectivity index (χ0) is 13.7. The van der Waals surface area contributed by atoms with Crippen molar-refractivity contribution in [3.05, 3.63) is 35.4 Å². The van der Waals surface area contributed by atoms with Crippen molar-refractivity contribution in [2.24, 2.45) is 5.41 Å². The van der Waals surface area contributed by atoms with E-state index in [-0.39, 0.29) is 12.2 Å². The molecule has 19 heavy (non-hydrogen) atoms. The molecule has 4 atom stereocenters. The minimum absolute atomic E-state index is 0.140. The highest BCUT2D eigenvalue weighted by Crippen LogP contribution is 2.56. The number of fused-ring (bicyclic) bond motifs is 2. The summed E-state index contributed by atoms with van der Waals surface area (Å²) in [5.74, 6) is 0. The van der Waals surface area contributed by atoms with Crippen LogP contribution in [0.15, 0.2) is 24.3 Å². The van der Waals surface area contributed by atoms with Crippen LogP contribution in [0.3, 0.4) is 0 Å². The fourth-order valence-corrected chi connectivity index (χ4v) is 3.58. The Labute approximate surface area is 113 Å². The lowest BCUT2D eigenvalue weighted by Gasteiger charge is -2.41. The Balaban J connectivity index is 2.03. The number of nitrogens with zero attached hydrogens (tertiary/aromatic N) is 1. The van der Waals surface area contributed by atoms with Crippen LogP contribution >= 0.6 is 0 Å². The van der Waals surface area contributed by atoms with Crippen LogP contribution in [0.2, 0.25) is 0 Å². The summed E-state index contributed by atoms with van der Waals surface area (Å²) in [6, 6.07) is 10.2. The highest BCUT2D eigenvalue weighted by atomic mass is 16.5. The molecular weight excluding hydrogens is 238 g/mol. The predicted molar refractivity (Wildman–Crippen MR) is 71.3 cm³/mol. The summed E-state index contributed by atoms with van der Waals surface area (Å²) in [5, 5.41) is 20.7. The fraction of sp³-hybridized carbons (Fsp3) is 0.562. The van der Waals surface area contributed by atoms with E-state index in [2.05, 4.69) is 6.07 Å². The molecule has 100 valence electrons. The van der Waals surface area contributed by atoms with Crippen molar-refractivity contribution in [3.63, 3.8) is 0 Å². The average Bonchev–Trinajstić information content (AvgIpc) is 3.00. The van der Waals surface area contributed by atoms with Gasteiger partial charge in [-0.15, -0.1) is 0 Å². The Kier molecular flexibility index (Phi) is 2.70. The van der Waals surface area contributed by atoms with Gasteiger partial charge in [0.15, 0.2) is 0 Å². The van der Waals surface area contributed by atoms with Gasteiger partial charge in [-0.05, 0) is 38.7 Å². The molecular formula is C16H19NO2. The van der Waals surface area contributed by atoms with Crippen LogP contribution in [0.5, 0.6) is 0 Å². The largest absolute Gasteiger partial charge is 0.384 e.